The van der Waals surface area contributed by atoms with E-state index in [1.54, 1.807) is 12.1 Å². The molecule has 20 heavy (non-hydrogen) atoms. The summed E-state index contributed by atoms with van der Waals surface area (Å²) in [6.07, 6.45) is 0.680. The second kappa shape index (κ2) is 5.40. The summed E-state index contributed by atoms with van der Waals surface area (Å²) in [5.41, 5.74) is 2.44. The Morgan fingerprint density at radius 1 is 1.20 bits per heavy atom. The first-order chi connectivity index (χ1) is 9.81. The molecule has 5 heteroatoms. The molecule has 2 heterocycles. The van der Waals surface area contributed by atoms with E-state index in [1.165, 1.54) is 11.3 Å². The Bertz CT molecular complexity index is 745. The van der Waals surface area contributed by atoms with E-state index in [-0.39, 0.29) is 6.61 Å². The van der Waals surface area contributed by atoms with Crippen molar-refractivity contribution in [2.24, 2.45) is 0 Å². The number of aliphatic hydroxyl groups excluding tert-OH is 1. The third-order valence-corrected chi connectivity index (χ3v) is 3.80. The zero-order valence-corrected chi connectivity index (χ0v) is 11.3. The maximum Gasteiger partial charge on any atom is 0.185 e. The molecule has 1 aromatic carbocycles. The van der Waals surface area contributed by atoms with Gasteiger partial charge in [0.15, 0.2) is 12.0 Å². The van der Waals surface area contributed by atoms with Gasteiger partial charge in [-0.3, -0.25) is 4.79 Å². The number of carbonyl (C=O) groups excluding carboxylic acids is 1. The molecule has 0 fully saturated rings. The molecular formula is C15H11NO3S. The van der Waals surface area contributed by atoms with Crippen LogP contribution in [-0.2, 0) is 6.61 Å². The molecule has 2 aromatic heterocycles. The van der Waals surface area contributed by atoms with E-state index >= 15 is 0 Å². The number of carbonyl (C=O) groups is 1. The van der Waals surface area contributed by atoms with Gasteiger partial charge in [-0.1, -0.05) is 24.3 Å². The first-order valence-corrected chi connectivity index (χ1v) is 6.90. The minimum atomic E-state index is -0.0747. The highest BCUT2D eigenvalue weighted by Crippen LogP contribution is 2.34. The Morgan fingerprint density at radius 2 is 2.00 bits per heavy atom. The van der Waals surface area contributed by atoms with Crippen molar-refractivity contribution in [1.29, 1.82) is 0 Å². The fourth-order valence-electron chi connectivity index (χ4n) is 1.95. The number of rotatable bonds is 4. The van der Waals surface area contributed by atoms with Crippen molar-refractivity contribution in [3.8, 4) is 21.9 Å². The highest BCUT2D eigenvalue weighted by Gasteiger charge is 2.13. The van der Waals surface area contributed by atoms with Crippen molar-refractivity contribution in [2.75, 3.05) is 0 Å². The number of hydrogen-bond donors (Lipinski definition) is 1. The Labute approximate surface area is 119 Å². The summed E-state index contributed by atoms with van der Waals surface area (Å²) < 4.78 is 5.47. The lowest BCUT2D eigenvalue weighted by atomic mass is 10.1. The summed E-state index contributed by atoms with van der Waals surface area (Å²) in [5, 5.41) is 11.7. The number of aldehydes is 1. The molecule has 0 saturated carbocycles. The first kappa shape index (κ1) is 12.8. The van der Waals surface area contributed by atoms with Crippen LogP contribution in [-0.4, -0.2) is 16.4 Å². The topological polar surface area (TPSA) is 63.3 Å². The standard InChI is InChI=1S/C15H11NO3S/c17-7-10-9-20-15(16-10)13-4-2-1-3-12(13)14-6-5-11(8-18)19-14/h1-6,8-9,17H,7H2. The fourth-order valence-corrected chi connectivity index (χ4v) is 2.80. The van der Waals surface area contributed by atoms with Crippen molar-refractivity contribution in [3.05, 3.63) is 53.2 Å². The molecular weight excluding hydrogens is 274 g/mol. The maximum absolute atomic E-state index is 10.7. The van der Waals surface area contributed by atoms with Gasteiger partial charge in [0.25, 0.3) is 0 Å². The van der Waals surface area contributed by atoms with E-state index in [0.717, 1.165) is 16.1 Å². The fraction of sp³-hybridized carbons (Fsp3) is 0.0667. The van der Waals surface area contributed by atoms with E-state index in [0.29, 0.717) is 23.5 Å². The van der Waals surface area contributed by atoms with Crippen molar-refractivity contribution in [3.63, 3.8) is 0 Å². The largest absolute Gasteiger partial charge is 0.453 e. The van der Waals surface area contributed by atoms with E-state index in [1.807, 2.05) is 29.6 Å². The lowest BCUT2D eigenvalue weighted by Gasteiger charge is -2.04. The Kier molecular flexibility index (Phi) is 3.45. The molecule has 1 N–H and O–H groups in total. The minimum Gasteiger partial charge on any atom is -0.453 e. The lowest BCUT2D eigenvalue weighted by molar-refractivity contribution is 0.110. The van der Waals surface area contributed by atoms with E-state index in [2.05, 4.69) is 4.98 Å². The molecule has 0 amide bonds. The molecule has 0 aliphatic rings. The Hall–Kier alpha value is -2.24. The van der Waals surface area contributed by atoms with Crippen LogP contribution in [0.25, 0.3) is 21.9 Å². The first-order valence-electron chi connectivity index (χ1n) is 6.02. The van der Waals surface area contributed by atoms with Gasteiger partial charge in [-0.2, -0.15) is 0 Å². The van der Waals surface area contributed by atoms with Crippen LogP contribution >= 0.6 is 11.3 Å². The number of aromatic nitrogens is 1. The highest BCUT2D eigenvalue weighted by molar-refractivity contribution is 7.13. The van der Waals surface area contributed by atoms with Crippen LogP contribution in [0.4, 0.5) is 0 Å². The number of thiazole rings is 1. The van der Waals surface area contributed by atoms with Crippen LogP contribution in [0.2, 0.25) is 0 Å². The predicted octanol–water partition coefficient (Wildman–Crippen LogP) is 3.37. The summed E-state index contributed by atoms with van der Waals surface area (Å²) in [6.45, 7) is -0.0747. The number of aliphatic hydroxyl groups is 1. The molecule has 0 saturated heterocycles. The van der Waals surface area contributed by atoms with Gasteiger partial charge < -0.3 is 9.52 Å². The van der Waals surface area contributed by atoms with Crippen LogP contribution in [0.3, 0.4) is 0 Å². The zero-order chi connectivity index (χ0) is 13.9. The second-order valence-electron chi connectivity index (χ2n) is 4.17. The van der Waals surface area contributed by atoms with Gasteiger partial charge >= 0.3 is 0 Å². The maximum atomic E-state index is 10.7. The van der Waals surface area contributed by atoms with Crippen LogP contribution in [0.5, 0.6) is 0 Å². The molecule has 0 aliphatic carbocycles. The Balaban J connectivity index is 2.10. The quantitative estimate of drug-likeness (QED) is 0.746. The molecule has 0 bridgehead atoms. The van der Waals surface area contributed by atoms with Crippen LogP contribution in [0, 0.1) is 0 Å². The Morgan fingerprint density at radius 3 is 2.65 bits per heavy atom. The van der Waals surface area contributed by atoms with Gasteiger partial charge in [0.1, 0.15) is 10.8 Å². The van der Waals surface area contributed by atoms with E-state index < -0.39 is 0 Å². The van der Waals surface area contributed by atoms with E-state index in [9.17, 15) is 4.79 Å². The number of hydrogen-bond acceptors (Lipinski definition) is 5. The summed E-state index contributed by atoms with van der Waals surface area (Å²) in [6, 6.07) is 11.1. The summed E-state index contributed by atoms with van der Waals surface area (Å²) >= 11 is 1.47. The van der Waals surface area contributed by atoms with Crippen LogP contribution in [0.1, 0.15) is 16.2 Å². The van der Waals surface area contributed by atoms with Gasteiger partial charge in [-0.05, 0) is 12.1 Å². The smallest absolute Gasteiger partial charge is 0.185 e. The molecule has 3 aromatic rings. The predicted molar refractivity (Wildman–Crippen MR) is 76.6 cm³/mol. The number of furan rings is 1. The van der Waals surface area contributed by atoms with Gasteiger partial charge in [0, 0.05) is 16.5 Å². The summed E-state index contributed by atoms with van der Waals surface area (Å²) in [7, 11) is 0. The zero-order valence-electron chi connectivity index (χ0n) is 10.4. The minimum absolute atomic E-state index is 0.0747. The molecule has 100 valence electrons. The SMILES string of the molecule is O=Cc1ccc(-c2ccccc2-c2nc(CO)cs2)o1. The van der Waals surface area contributed by atoms with Crippen LogP contribution < -0.4 is 0 Å². The monoisotopic (exact) mass is 285 g/mol. The molecule has 3 rings (SSSR count). The van der Waals surface area contributed by atoms with Gasteiger partial charge in [0.05, 0.1) is 12.3 Å². The van der Waals surface area contributed by atoms with Gasteiger partial charge in [-0.25, -0.2) is 4.98 Å². The normalized spacial score (nSPS) is 10.7. The second-order valence-corrected chi connectivity index (χ2v) is 5.03. The van der Waals surface area contributed by atoms with Gasteiger partial charge in [-0.15, -0.1) is 11.3 Å². The number of nitrogens with zero attached hydrogens (tertiary/aromatic N) is 1. The van der Waals surface area contributed by atoms with Crippen molar-refractivity contribution < 1.29 is 14.3 Å². The molecule has 0 aliphatic heterocycles. The third-order valence-electron chi connectivity index (χ3n) is 2.88. The third kappa shape index (κ3) is 2.29. The molecule has 0 radical (unpaired) electrons. The van der Waals surface area contributed by atoms with Crippen molar-refractivity contribution in [2.45, 2.75) is 6.61 Å². The molecule has 0 atom stereocenters. The van der Waals surface area contributed by atoms with E-state index in [4.69, 9.17) is 9.52 Å². The van der Waals surface area contributed by atoms with Crippen molar-refractivity contribution >= 4 is 17.6 Å². The lowest BCUT2D eigenvalue weighted by Crippen LogP contribution is -1.85. The molecule has 4 nitrogen and oxygen atoms in total. The average molecular weight is 285 g/mol. The summed E-state index contributed by atoms with van der Waals surface area (Å²) in [5.74, 6) is 0.924. The van der Waals surface area contributed by atoms with Gasteiger partial charge in [0.2, 0.25) is 0 Å². The highest BCUT2D eigenvalue weighted by atomic mass is 32.1. The number of benzene rings is 1. The average Bonchev–Trinajstić information content (AvgIpc) is 3.16. The summed E-state index contributed by atoms with van der Waals surface area (Å²) in [4.78, 5) is 15.1. The molecule has 0 spiro atoms. The van der Waals surface area contributed by atoms with Crippen molar-refractivity contribution in [1.82, 2.24) is 4.98 Å². The van der Waals surface area contributed by atoms with Crippen LogP contribution in [0.15, 0.2) is 46.2 Å². The molecule has 0 unspecified atom stereocenters.